The Kier molecular flexibility index (Phi) is 2.68. The first kappa shape index (κ1) is 10.4. The molecule has 0 saturated heterocycles. The van der Waals surface area contributed by atoms with Gasteiger partial charge in [0.2, 0.25) is 5.95 Å². The third-order valence-corrected chi connectivity index (χ3v) is 2.19. The molecule has 2 aromatic heterocycles. The van der Waals surface area contributed by atoms with E-state index in [1.165, 1.54) is 22.9 Å². The highest BCUT2D eigenvalue weighted by molar-refractivity contribution is 5.85. The molecule has 0 aliphatic rings. The van der Waals surface area contributed by atoms with Gasteiger partial charge in [0.1, 0.15) is 5.69 Å². The predicted molar refractivity (Wildman–Crippen MR) is 54.7 cm³/mol. The van der Waals surface area contributed by atoms with Crippen molar-refractivity contribution in [2.24, 2.45) is 0 Å². The van der Waals surface area contributed by atoms with Gasteiger partial charge in [-0.25, -0.2) is 9.78 Å². The SMILES string of the molecule is O=C(O)c1cccn1Cc1ccnc(F)c1. The summed E-state index contributed by atoms with van der Waals surface area (Å²) in [5, 5.41) is 8.88. The molecule has 82 valence electrons. The minimum Gasteiger partial charge on any atom is -0.477 e. The van der Waals surface area contributed by atoms with E-state index in [2.05, 4.69) is 4.98 Å². The molecule has 0 radical (unpaired) electrons. The molecule has 0 spiro atoms. The number of hydrogen-bond donors (Lipinski definition) is 1. The summed E-state index contributed by atoms with van der Waals surface area (Å²) in [6.45, 7) is 0.314. The molecule has 2 aromatic rings. The maximum atomic E-state index is 12.8. The van der Waals surface area contributed by atoms with Gasteiger partial charge < -0.3 is 9.67 Å². The Morgan fingerprint density at radius 3 is 3.00 bits per heavy atom. The molecule has 0 atom stereocenters. The topological polar surface area (TPSA) is 55.1 Å². The van der Waals surface area contributed by atoms with Crippen molar-refractivity contribution in [1.82, 2.24) is 9.55 Å². The molecule has 5 heteroatoms. The van der Waals surface area contributed by atoms with E-state index in [1.54, 1.807) is 18.3 Å². The molecule has 0 unspecified atom stereocenters. The van der Waals surface area contributed by atoms with Crippen LogP contribution in [0, 0.1) is 5.95 Å². The summed E-state index contributed by atoms with van der Waals surface area (Å²) < 4.78 is 14.4. The molecule has 2 rings (SSSR count). The first-order chi connectivity index (χ1) is 7.66. The van der Waals surface area contributed by atoms with Crippen LogP contribution in [-0.4, -0.2) is 20.6 Å². The zero-order valence-electron chi connectivity index (χ0n) is 8.30. The van der Waals surface area contributed by atoms with Crippen molar-refractivity contribution < 1.29 is 14.3 Å². The lowest BCUT2D eigenvalue weighted by molar-refractivity contribution is 0.0685. The van der Waals surface area contributed by atoms with E-state index in [-0.39, 0.29) is 5.69 Å². The molecular formula is C11H9FN2O2. The Hall–Kier alpha value is -2.17. The second-order valence-corrected chi connectivity index (χ2v) is 3.31. The second kappa shape index (κ2) is 4.14. The zero-order chi connectivity index (χ0) is 11.5. The number of carbonyl (C=O) groups is 1. The van der Waals surface area contributed by atoms with Gasteiger partial charge in [0, 0.05) is 18.9 Å². The standard InChI is InChI=1S/C11H9FN2O2/c12-10-6-8(3-4-13-10)7-14-5-1-2-9(14)11(15)16/h1-6H,7H2,(H,15,16). The van der Waals surface area contributed by atoms with E-state index >= 15 is 0 Å². The molecule has 0 bridgehead atoms. The minimum absolute atomic E-state index is 0.178. The first-order valence-corrected chi connectivity index (χ1v) is 4.65. The predicted octanol–water partition coefficient (Wildman–Crippen LogP) is 1.77. The van der Waals surface area contributed by atoms with Crippen molar-refractivity contribution in [3.63, 3.8) is 0 Å². The third kappa shape index (κ3) is 2.08. The Morgan fingerprint density at radius 2 is 2.31 bits per heavy atom. The summed E-state index contributed by atoms with van der Waals surface area (Å²) in [7, 11) is 0. The lowest BCUT2D eigenvalue weighted by atomic mass is 10.2. The van der Waals surface area contributed by atoms with Gasteiger partial charge >= 0.3 is 5.97 Å². The minimum atomic E-state index is -1.00. The van der Waals surface area contributed by atoms with Crippen molar-refractivity contribution in [1.29, 1.82) is 0 Å². The van der Waals surface area contributed by atoms with Gasteiger partial charge in [-0.2, -0.15) is 4.39 Å². The van der Waals surface area contributed by atoms with Gasteiger partial charge in [0.05, 0.1) is 0 Å². The molecule has 0 fully saturated rings. The molecule has 1 N–H and O–H groups in total. The van der Waals surface area contributed by atoms with E-state index in [4.69, 9.17) is 5.11 Å². The normalized spacial score (nSPS) is 10.3. The number of carboxylic acids is 1. The third-order valence-electron chi connectivity index (χ3n) is 2.19. The molecular weight excluding hydrogens is 211 g/mol. The van der Waals surface area contributed by atoms with Gasteiger partial charge in [0.25, 0.3) is 0 Å². The number of rotatable bonds is 3. The monoisotopic (exact) mass is 220 g/mol. The largest absolute Gasteiger partial charge is 0.477 e. The molecule has 0 amide bonds. The van der Waals surface area contributed by atoms with Crippen LogP contribution >= 0.6 is 0 Å². The lowest BCUT2D eigenvalue weighted by Gasteiger charge is -2.05. The summed E-state index contributed by atoms with van der Waals surface area (Å²) in [5.74, 6) is -1.57. The number of pyridine rings is 1. The first-order valence-electron chi connectivity index (χ1n) is 4.65. The van der Waals surface area contributed by atoms with Crippen LogP contribution < -0.4 is 0 Å². The van der Waals surface area contributed by atoms with Crippen LogP contribution in [0.1, 0.15) is 16.1 Å². The summed E-state index contributed by atoms with van der Waals surface area (Å²) in [6, 6.07) is 6.07. The molecule has 16 heavy (non-hydrogen) atoms. The van der Waals surface area contributed by atoms with Gasteiger partial charge in [-0.3, -0.25) is 0 Å². The van der Waals surface area contributed by atoms with Crippen molar-refractivity contribution in [3.8, 4) is 0 Å². The van der Waals surface area contributed by atoms with Crippen LogP contribution in [-0.2, 0) is 6.54 Å². The average Bonchev–Trinajstić information content (AvgIpc) is 2.66. The van der Waals surface area contributed by atoms with Crippen LogP contribution in [0.2, 0.25) is 0 Å². The molecule has 0 aliphatic carbocycles. The fourth-order valence-electron chi connectivity index (χ4n) is 1.48. The van der Waals surface area contributed by atoms with Gasteiger partial charge in [-0.1, -0.05) is 0 Å². The van der Waals surface area contributed by atoms with Crippen LogP contribution in [0.15, 0.2) is 36.7 Å². The Balaban J connectivity index is 2.27. The van der Waals surface area contributed by atoms with Crippen LogP contribution in [0.4, 0.5) is 4.39 Å². The van der Waals surface area contributed by atoms with Gasteiger partial charge in [-0.15, -0.1) is 0 Å². The van der Waals surface area contributed by atoms with Crippen molar-refractivity contribution >= 4 is 5.97 Å². The number of halogens is 1. The number of nitrogens with zero attached hydrogens (tertiary/aromatic N) is 2. The maximum Gasteiger partial charge on any atom is 0.352 e. The average molecular weight is 220 g/mol. The van der Waals surface area contributed by atoms with E-state index in [0.717, 1.165) is 0 Å². The number of aromatic nitrogens is 2. The smallest absolute Gasteiger partial charge is 0.352 e. The molecule has 2 heterocycles. The summed E-state index contributed by atoms with van der Waals surface area (Å²) in [4.78, 5) is 14.3. The van der Waals surface area contributed by atoms with Crippen molar-refractivity contribution in [3.05, 3.63) is 53.9 Å². The van der Waals surface area contributed by atoms with E-state index in [1.807, 2.05) is 0 Å². The Morgan fingerprint density at radius 1 is 1.50 bits per heavy atom. The number of carboxylic acid groups (broad SMARTS) is 1. The molecule has 0 aromatic carbocycles. The highest BCUT2D eigenvalue weighted by Gasteiger charge is 2.08. The highest BCUT2D eigenvalue weighted by atomic mass is 19.1. The van der Waals surface area contributed by atoms with Crippen molar-refractivity contribution in [2.45, 2.75) is 6.54 Å². The van der Waals surface area contributed by atoms with E-state index < -0.39 is 11.9 Å². The van der Waals surface area contributed by atoms with Crippen molar-refractivity contribution in [2.75, 3.05) is 0 Å². The van der Waals surface area contributed by atoms with Crippen LogP contribution in [0.5, 0.6) is 0 Å². The molecule has 4 nitrogen and oxygen atoms in total. The van der Waals surface area contributed by atoms with E-state index in [0.29, 0.717) is 12.1 Å². The quantitative estimate of drug-likeness (QED) is 0.802. The second-order valence-electron chi connectivity index (χ2n) is 3.31. The fourth-order valence-corrected chi connectivity index (χ4v) is 1.48. The summed E-state index contributed by atoms with van der Waals surface area (Å²) in [5.41, 5.74) is 0.850. The number of hydrogen-bond acceptors (Lipinski definition) is 2. The van der Waals surface area contributed by atoms with Crippen LogP contribution in [0.25, 0.3) is 0 Å². The highest BCUT2D eigenvalue weighted by Crippen LogP contribution is 2.08. The maximum absolute atomic E-state index is 12.8. The Labute approximate surface area is 91.0 Å². The van der Waals surface area contributed by atoms with Crippen LogP contribution in [0.3, 0.4) is 0 Å². The Bertz CT molecular complexity index is 522. The van der Waals surface area contributed by atoms with Gasteiger partial charge in [-0.05, 0) is 29.8 Å². The fraction of sp³-hybridized carbons (Fsp3) is 0.0909. The molecule has 0 aliphatic heterocycles. The van der Waals surface area contributed by atoms with E-state index in [9.17, 15) is 9.18 Å². The summed E-state index contributed by atoms with van der Waals surface area (Å²) >= 11 is 0. The van der Waals surface area contributed by atoms with Gasteiger partial charge in [0.15, 0.2) is 0 Å². The number of aromatic carboxylic acids is 1. The lowest BCUT2D eigenvalue weighted by Crippen LogP contribution is -2.08. The summed E-state index contributed by atoms with van der Waals surface area (Å²) in [6.07, 6.45) is 3.00. The zero-order valence-corrected chi connectivity index (χ0v) is 8.30. The molecule has 0 saturated carbocycles.